The van der Waals surface area contributed by atoms with Crippen molar-refractivity contribution in [2.24, 2.45) is 0 Å². The van der Waals surface area contributed by atoms with Gasteiger partial charge in [-0.2, -0.15) is 21.6 Å². The van der Waals surface area contributed by atoms with Crippen LogP contribution in [-0.2, 0) is 23.8 Å². The first-order chi connectivity index (χ1) is 12.4. The number of hydrogen-bond donors (Lipinski definition) is 0. The van der Waals surface area contributed by atoms with E-state index in [2.05, 4.69) is 15.0 Å². The molecule has 27 heavy (non-hydrogen) atoms. The molecule has 0 amide bonds. The van der Waals surface area contributed by atoms with Crippen LogP contribution in [0.5, 0.6) is 0 Å². The Labute approximate surface area is 159 Å². The lowest BCUT2D eigenvalue weighted by atomic mass is 10.0. The molecule has 156 valence electrons. The van der Waals surface area contributed by atoms with E-state index in [1.54, 1.807) is 0 Å². The minimum Gasteiger partial charge on any atom is -0.463 e. The summed E-state index contributed by atoms with van der Waals surface area (Å²) in [6.45, 7) is 7.44. The predicted molar refractivity (Wildman–Crippen MR) is 97.0 cm³/mol. The molecule has 0 radical (unpaired) electrons. The van der Waals surface area contributed by atoms with Gasteiger partial charge in [0.05, 0.1) is 12.7 Å². The normalized spacial score (nSPS) is 13.3. The molecule has 0 N–H and O–H groups in total. The summed E-state index contributed by atoms with van der Waals surface area (Å²) in [5.74, 6) is -1.57. The molecule has 0 saturated heterocycles. The number of allylic oxidation sites excluding steroid dienone is 5. The highest BCUT2D eigenvalue weighted by Crippen LogP contribution is 2.28. The molecule has 0 aliphatic heterocycles. The SMILES string of the molecule is CCOC(=O)/C=C(/CC/C=C(\CC)CCC=C(C)C)OS(=O)(=O)C(F)(F)F. The lowest BCUT2D eigenvalue weighted by molar-refractivity contribution is -0.137. The van der Waals surface area contributed by atoms with E-state index in [-0.39, 0.29) is 19.4 Å². The Morgan fingerprint density at radius 2 is 1.63 bits per heavy atom. The third-order valence-electron chi connectivity index (χ3n) is 3.36. The van der Waals surface area contributed by atoms with Crippen LogP contribution in [0.15, 0.2) is 35.1 Å². The summed E-state index contributed by atoms with van der Waals surface area (Å²) in [7, 11) is -5.84. The lowest BCUT2D eigenvalue weighted by Crippen LogP contribution is -2.25. The number of rotatable bonds is 11. The zero-order valence-corrected chi connectivity index (χ0v) is 16.9. The van der Waals surface area contributed by atoms with Gasteiger partial charge in [-0.3, -0.25) is 0 Å². The van der Waals surface area contributed by atoms with Crippen LogP contribution in [0.3, 0.4) is 0 Å². The van der Waals surface area contributed by atoms with E-state index in [4.69, 9.17) is 0 Å². The van der Waals surface area contributed by atoms with Gasteiger partial charge in [0.25, 0.3) is 0 Å². The molecule has 0 rings (SSSR count). The summed E-state index contributed by atoms with van der Waals surface area (Å²) in [5, 5.41) is 0. The minimum atomic E-state index is -5.84. The maximum absolute atomic E-state index is 12.5. The van der Waals surface area contributed by atoms with Crippen molar-refractivity contribution in [3.8, 4) is 0 Å². The second-order valence-electron chi connectivity index (χ2n) is 5.92. The maximum atomic E-state index is 12.5. The molecule has 0 fully saturated rings. The van der Waals surface area contributed by atoms with E-state index in [9.17, 15) is 26.4 Å². The molecule has 0 heterocycles. The highest BCUT2D eigenvalue weighted by Gasteiger charge is 2.48. The van der Waals surface area contributed by atoms with Gasteiger partial charge < -0.3 is 8.92 Å². The van der Waals surface area contributed by atoms with E-state index >= 15 is 0 Å². The molecule has 0 spiro atoms. The molecule has 0 atom stereocenters. The number of carbonyl (C=O) groups excluding carboxylic acids is 1. The molecule has 0 aromatic carbocycles. The van der Waals surface area contributed by atoms with Crippen LogP contribution in [0.1, 0.15) is 59.8 Å². The van der Waals surface area contributed by atoms with E-state index in [1.807, 2.05) is 26.8 Å². The zero-order valence-electron chi connectivity index (χ0n) is 16.1. The van der Waals surface area contributed by atoms with Crippen LogP contribution in [0.4, 0.5) is 13.2 Å². The Kier molecular flexibility index (Phi) is 11.1. The molecule has 0 saturated carbocycles. The first-order valence-electron chi connectivity index (χ1n) is 8.62. The second kappa shape index (κ2) is 11.8. The Bertz CT molecular complexity index is 670. The number of carbonyl (C=O) groups is 1. The summed E-state index contributed by atoms with van der Waals surface area (Å²) >= 11 is 0. The third-order valence-corrected chi connectivity index (χ3v) is 4.36. The van der Waals surface area contributed by atoms with Crippen LogP contribution in [0.2, 0.25) is 0 Å². The van der Waals surface area contributed by atoms with Gasteiger partial charge in [-0.25, -0.2) is 4.79 Å². The Balaban J connectivity index is 5.18. The van der Waals surface area contributed by atoms with Gasteiger partial charge in [-0.15, -0.1) is 0 Å². The Morgan fingerprint density at radius 3 is 2.11 bits per heavy atom. The molecule has 0 aromatic heterocycles. The average Bonchev–Trinajstić information content (AvgIpc) is 2.51. The minimum absolute atomic E-state index is 0.00111. The first kappa shape index (κ1) is 25.2. The van der Waals surface area contributed by atoms with Gasteiger partial charge >= 0.3 is 21.6 Å². The average molecular weight is 412 g/mol. The number of alkyl halides is 3. The smallest absolute Gasteiger partial charge is 0.463 e. The maximum Gasteiger partial charge on any atom is 0.534 e. The van der Waals surface area contributed by atoms with E-state index in [1.165, 1.54) is 12.5 Å². The van der Waals surface area contributed by atoms with Crippen LogP contribution in [0.25, 0.3) is 0 Å². The van der Waals surface area contributed by atoms with Crippen molar-refractivity contribution >= 4 is 16.1 Å². The molecule has 5 nitrogen and oxygen atoms in total. The highest BCUT2D eigenvalue weighted by atomic mass is 32.2. The molecule has 0 bridgehead atoms. The van der Waals surface area contributed by atoms with Crippen molar-refractivity contribution in [3.05, 3.63) is 35.1 Å². The highest BCUT2D eigenvalue weighted by molar-refractivity contribution is 7.87. The number of esters is 1. The summed E-state index contributed by atoms with van der Waals surface area (Å²) < 4.78 is 68.7. The predicted octanol–water partition coefficient (Wildman–Crippen LogP) is 5.16. The largest absolute Gasteiger partial charge is 0.534 e. The standard InChI is InChI=1S/C18H27F3O5S/c1-5-15(10-7-9-14(3)4)11-8-12-16(13-17(22)25-6-2)26-27(23,24)18(19,20)21/h9,11,13H,5-8,10,12H2,1-4H3/b15-11+,16-13-. The summed E-state index contributed by atoms with van der Waals surface area (Å²) in [6, 6.07) is 0. The lowest BCUT2D eigenvalue weighted by Gasteiger charge is -2.12. The Hall–Kier alpha value is -1.77. The van der Waals surface area contributed by atoms with Crippen molar-refractivity contribution in [2.45, 2.75) is 65.3 Å². The van der Waals surface area contributed by atoms with Crippen LogP contribution >= 0.6 is 0 Å². The molecule has 0 unspecified atom stereocenters. The summed E-state index contributed by atoms with van der Waals surface area (Å²) in [4.78, 5) is 11.5. The number of halogens is 3. The van der Waals surface area contributed by atoms with Gasteiger partial charge in [-0.05, 0) is 46.5 Å². The molecule has 9 heteroatoms. The van der Waals surface area contributed by atoms with Gasteiger partial charge in [0, 0.05) is 6.42 Å². The number of hydrogen-bond acceptors (Lipinski definition) is 5. The summed E-state index contributed by atoms with van der Waals surface area (Å²) in [6.07, 6.45) is 6.98. The second-order valence-corrected chi connectivity index (χ2v) is 7.46. The molecular weight excluding hydrogens is 385 g/mol. The quantitative estimate of drug-likeness (QED) is 0.117. The fourth-order valence-corrected chi connectivity index (χ4v) is 2.54. The van der Waals surface area contributed by atoms with Gasteiger partial charge in [0.1, 0.15) is 5.76 Å². The monoisotopic (exact) mass is 412 g/mol. The molecular formula is C18H27F3O5S. The summed E-state index contributed by atoms with van der Waals surface area (Å²) in [5.41, 5.74) is -3.30. The van der Waals surface area contributed by atoms with Gasteiger partial charge in [-0.1, -0.05) is 30.2 Å². The Morgan fingerprint density at radius 1 is 1.04 bits per heavy atom. The van der Waals surface area contributed by atoms with E-state index in [0.717, 1.165) is 24.8 Å². The van der Waals surface area contributed by atoms with Crippen LogP contribution in [-0.4, -0.2) is 26.5 Å². The fourth-order valence-electron chi connectivity index (χ4n) is 2.03. The van der Waals surface area contributed by atoms with Crippen molar-refractivity contribution in [3.63, 3.8) is 0 Å². The van der Waals surface area contributed by atoms with Crippen molar-refractivity contribution in [1.29, 1.82) is 0 Å². The molecule has 0 aliphatic carbocycles. The van der Waals surface area contributed by atoms with Crippen molar-refractivity contribution in [1.82, 2.24) is 0 Å². The van der Waals surface area contributed by atoms with Crippen molar-refractivity contribution < 1.29 is 35.3 Å². The van der Waals surface area contributed by atoms with Gasteiger partial charge in [0.15, 0.2) is 0 Å². The third kappa shape index (κ3) is 10.8. The van der Waals surface area contributed by atoms with E-state index < -0.39 is 27.4 Å². The fraction of sp³-hybridized carbons (Fsp3) is 0.611. The number of ether oxygens (including phenoxy) is 1. The zero-order chi connectivity index (χ0) is 21.1. The molecule has 0 aliphatic rings. The topological polar surface area (TPSA) is 69.7 Å². The van der Waals surface area contributed by atoms with Crippen LogP contribution in [0, 0.1) is 0 Å². The van der Waals surface area contributed by atoms with Crippen molar-refractivity contribution in [2.75, 3.05) is 6.61 Å². The van der Waals surface area contributed by atoms with E-state index in [0.29, 0.717) is 6.08 Å². The molecule has 0 aromatic rings. The first-order valence-corrected chi connectivity index (χ1v) is 10.0. The van der Waals surface area contributed by atoms with Gasteiger partial charge in [0.2, 0.25) is 0 Å². The van der Waals surface area contributed by atoms with Crippen LogP contribution < -0.4 is 0 Å².